The van der Waals surface area contributed by atoms with Gasteiger partial charge < -0.3 is 5.32 Å². The van der Waals surface area contributed by atoms with E-state index in [2.05, 4.69) is 16.3 Å². The zero-order valence-electron chi connectivity index (χ0n) is 14.1. The number of hydrogen-bond donors (Lipinski definition) is 1. The van der Waals surface area contributed by atoms with E-state index in [-0.39, 0.29) is 22.4 Å². The number of likely N-dealkylation sites (tertiary alicyclic amines) is 1. The molecule has 7 heteroatoms. The molecule has 1 aromatic heterocycles. The van der Waals surface area contributed by atoms with Crippen molar-refractivity contribution in [1.82, 2.24) is 10.2 Å². The highest BCUT2D eigenvalue weighted by molar-refractivity contribution is 7.90. The van der Waals surface area contributed by atoms with Crippen molar-refractivity contribution in [2.75, 3.05) is 25.9 Å². The van der Waals surface area contributed by atoms with Gasteiger partial charge in [0.25, 0.3) is 5.91 Å². The number of rotatable bonds is 6. The Morgan fingerprint density at radius 3 is 2.56 bits per heavy atom. The Bertz CT molecular complexity index is 826. The molecule has 1 aliphatic rings. The number of thiophene rings is 1. The first kappa shape index (κ1) is 18.1. The standard InChI is InChI=1S/C18H22N2O3S2/c1-25(22,23)17-9-3-2-7-14(17)18(21)19-13-15(16-8-6-12-24-16)20-10-4-5-11-20/h2-3,6-9,12,15H,4-5,10-11,13H2,1H3,(H,19,21). The summed E-state index contributed by atoms with van der Waals surface area (Å²) in [7, 11) is -3.45. The van der Waals surface area contributed by atoms with Gasteiger partial charge in [0.1, 0.15) is 0 Å². The minimum absolute atomic E-state index is 0.0707. The molecule has 1 atom stereocenters. The molecule has 1 saturated heterocycles. The lowest BCUT2D eigenvalue weighted by Crippen LogP contribution is -2.36. The number of benzene rings is 1. The number of hydrogen-bond acceptors (Lipinski definition) is 5. The van der Waals surface area contributed by atoms with Crippen LogP contribution in [0.2, 0.25) is 0 Å². The number of carbonyl (C=O) groups excluding carboxylic acids is 1. The van der Waals surface area contributed by atoms with E-state index in [0.717, 1.165) is 19.3 Å². The molecule has 0 saturated carbocycles. The second-order valence-corrected chi connectivity index (χ2v) is 9.22. The lowest BCUT2D eigenvalue weighted by atomic mass is 10.1. The monoisotopic (exact) mass is 378 g/mol. The average Bonchev–Trinajstić information content (AvgIpc) is 3.28. The maximum absolute atomic E-state index is 12.6. The van der Waals surface area contributed by atoms with Crippen molar-refractivity contribution in [3.63, 3.8) is 0 Å². The van der Waals surface area contributed by atoms with Crippen LogP contribution in [-0.4, -0.2) is 45.1 Å². The SMILES string of the molecule is CS(=O)(=O)c1ccccc1C(=O)NCC(c1cccs1)N1CCCC1. The van der Waals surface area contributed by atoms with Crippen LogP contribution in [0.1, 0.15) is 34.1 Å². The Morgan fingerprint density at radius 1 is 1.20 bits per heavy atom. The van der Waals surface area contributed by atoms with Crippen LogP contribution in [0.25, 0.3) is 0 Å². The Hall–Kier alpha value is -1.70. The van der Waals surface area contributed by atoms with E-state index in [1.54, 1.807) is 29.5 Å². The molecule has 0 bridgehead atoms. The van der Waals surface area contributed by atoms with Crippen molar-refractivity contribution < 1.29 is 13.2 Å². The average molecular weight is 379 g/mol. The predicted molar refractivity (Wildman–Crippen MR) is 99.8 cm³/mol. The smallest absolute Gasteiger partial charge is 0.252 e. The van der Waals surface area contributed by atoms with Crippen LogP contribution in [0.15, 0.2) is 46.7 Å². The van der Waals surface area contributed by atoms with Gasteiger partial charge in [-0.1, -0.05) is 18.2 Å². The van der Waals surface area contributed by atoms with Gasteiger partial charge in [-0.05, 0) is 49.5 Å². The van der Waals surface area contributed by atoms with Crippen LogP contribution in [0.4, 0.5) is 0 Å². The molecule has 0 radical (unpaired) electrons. The minimum atomic E-state index is -3.45. The van der Waals surface area contributed by atoms with Crippen LogP contribution >= 0.6 is 11.3 Å². The van der Waals surface area contributed by atoms with E-state index in [1.807, 2.05) is 11.4 Å². The van der Waals surface area contributed by atoms with Gasteiger partial charge in [-0.25, -0.2) is 8.42 Å². The van der Waals surface area contributed by atoms with Gasteiger partial charge in [0.2, 0.25) is 0 Å². The quantitative estimate of drug-likeness (QED) is 0.839. The summed E-state index contributed by atoms with van der Waals surface area (Å²) in [5.41, 5.74) is 0.205. The van der Waals surface area contributed by atoms with Crippen LogP contribution in [-0.2, 0) is 9.84 Å². The van der Waals surface area contributed by atoms with Crippen LogP contribution in [0, 0.1) is 0 Å². The molecule has 25 heavy (non-hydrogen) atoms. The molecule has 1 aliphatic heterocycles. The Balaban J connectivity index is 1.77. The van der Waals surface area contributed by atoms with E-state index in [0.29, 0.717) is 6.54 Å². The fourth-order valence-corrected chi connectivity index (χ4v) is 4.95. The highest BCUT2D eigenvalue weighted by Crippen LogP contribution is 2.28. The number of amides is 1. The van der Waals surface area contributed by atoms with E-state index < -0.39 is 9.84 Å². The molecule has 1 N–H and O–H groups in total. The van der Waals surface area contributed by atoms with Crippen molar-refractivity contribution in [2.24, 2.45) is 0 Å². The first-order valence-electron chi connectivity index (χ1n) is 8.31. The van der Waals surface area contributed by atoms with E-state index in [1.165, 1.54) is 23.8 Å². The van der Waals surface area contributed by atoms with E-state index >= 15 is 0 Å². The third kappa shape index (κ3) is 4.29. The molecule has 3 rings (SSSR count). The summed E-state index contributed by atoms with van der Waals surface area (Å²) in [6.45, 7) is 2.52. The molecule has 134 valence electrons. The van der Waals surface area contributed by atoms with E-state index in [9.17, 15) is 13.2 Å². The molecule has 1 fully saturated rings. The van der Waals surface area contributed by atoms with Gasteiger partial charge in [0.15, 0.2) is 9.84 Å². The maximum Gasteiger partial charge on any atom is 0.252 e. The van der Waals surface area contributed by atoms with Gasteiger partial charge in [0.05, 0.1) is 16.5 Å². The van der Waals surface area contributed by atoms with Crippen LogP contribution < -0.4 is 5.32 Å². The van der Waals surface area contributed by atoms with Crippen molar-refractivity contribution >= 4 is 27.1 Å². The summed E-state index contributed by atoms with van der Waals surface area (Å²) in [6, 6.07) is 10.6. The third-order valence-corrected chi connectivity index (χ3v) is 6.57. The fraction of sp³-hybridized carbons (Fsp3) is 0.389. The van der Waals surface area contributed by atoms with Gasteiger partial charge >= 0.3 is 0 Å². The second-order valence-electron chi connectivity index (χ2n) is 6.25. The summed E-state index contributed by atoms with van der Waals surface area (Å²) < 4.78 is 23.8. The summed E-state index contributed by atoms with van der Waals surface area (Å²) in [5.74, 6) is -0.346. The highest BCUT2D eigenvalue weighted by atomic mass is 32.2. The van der Waals surface area contributed by atoms with Crippen molar-refractivity contribution in [2.45, 2.75) is 23.8 Å². The number of sulfone groups is 1. The molecule has 0 aliphatic carbocycles. The molecule has 1 aromatic carbocycles. The number of nitrogens with one attached hydrogen (secondary N) is 1. The molecule has 1 amide bonds. The second kappa shape index (κ2) is 7.68. The molecular formula is C18H22N2O3S2. The largest absolute Gasteiger partial charge is 0.350 e. The van der Waals surface area contributed by atoms with Crippen molar-refractivity contribution in [3.05, 3.63) is 52.2 Å². The maximum atomic E-state index is 12.6. The Kier molecular flexibility index (Phi) is 5.56. The summed E-state index contributed by atoms with van der Waals surface area (Å²) >= 11 is 1.68. The highest BCUT2D eigenvalue weighted by Gasteiger charge is 2.25. The van der Waals surface area contributed by atoms with Crippen LogP contribution in [0.5, 0.6) is 0 Å². The summed E-state index contributed by atoms with van der Waals surface area (Å²) in [6.07, 6.45) is 3.47. The zero-order valence-corrected chi connectivity index (χ0v) is 15.8. The van der Waals surface area contributed by atoms with Gasteiger partial charge in [-0.2, -0.15) is 0 Å². The summed E-state index contributed by atoms with van der Waals surface area (Å²) in [5, 5.41) is 4.98. The fourth-order valence-electron chi connectivity index (χ4n) is 3.21. The van der Waals surface area contributed by atoms with Gasteiger partial charge in [-0.3, -0.25) is 9.69 Å². The van der Waals surface area contributed by atoms with Crippen molar-refractivity contribution in [1.29, 1.82) is 0 Å². The predicted octanol–water partition coefficient (Wildman–Crippen LogP) is 2.72. The topological polar surface area (TPSA) is 66.5 Å². The first-order chi connectivity index (χ1) is 12.0. The molecule has 0 spiro atoms. The van der Waals surface area contributed by atoms with Crippen LogP contribution in [0.3, 0.4) is 0 Å². The lowest BCUT2D eigenvalue weighted by molar-refractivity contribution is 0.0935. The number of carbonyl (C=O) groups is 1. The van der Waals surface area contributed by atoms with Gasteiger partial charge in [-0.15, -0.1) is 11.3 Å². The molecular weight excluding hydrogens is 356 g/mol. The third-order valence-electron chi connectivity index (χ3n) is 4.44. The number of nitrogens with zero attached hydrogens (tertiary/aromatic N) is 1. The zero-order chi connectivity index (χ0) is 17.9. The van der Waals surface area contributed by atoms with Crippen molar-refractivity contribution in [3.8, 4) is 0 Å². The summed E-state index contributed by atoms with van der Waals surface area (Å²) in [4.78, 5) is 16.3. The molecule has 2 heterocycles. The molecule has 1 unspecified atom stereocenters. The molecule has 2 aromatic rings. The normalized spacial score (nSPS) is 16.7. The Morgan fingerprint density at radius 2 is 1.92 bits per heavy atom. The van der Waals surface area contributed by atoms with Gasteiger partial charge in [0, 0.05) is 17.7 Å². The van der Waals surface area contributed by atoms with E-state index in [4.69, 9.17) is 0 Å². The minimum Gasteiger partial charge on any atom is -0.350 e. The Labute approximate surface area is 152 Å². The first-order valence-corrected chi connectivity index (χ1v) is 11.1. The lowest BCUT2D eigenvalue weighted by Gasteiger charge is -2.27. The molecule has 5 nitrogen and oxygen atoms in total.